The number of benzene rings is 3. The summed E-state index contributed by atoms with van der Waals surface area (Å²) in [6.07, 6.45) is 0.729. The van der Waals surface area contributed by atoms with Crippen LogP contribution in [0.25, 0.3) is 0 Å². The quantitative estimate of drug-likeness (QED) is 0.600. The third-order valence-corrected chi connectivity index (χ3v) is 5.56. The number of nitrogens with one attached hydrogen (secondary N) is 1. The number of rotatable bonds is 8. The molecule has 0 aliphatic rings. The van der Waals surface area contributed by atoms with E-state index in [2.05, 4.69) is 11.4 Å². The molecule has 0 aliphatic carbocycles. The number of aryl methyl sites for hydroxylation is 2. The van der Waals surface area contributed by atoms with E-state index in [0.717, 1.165) is 27.8 Å². The second kappa shape index (κ2) is 10.6. The molecule has 31 heavy (non-hydrogen) atoms. The maximum atomic E-state index is 13.6. The first-order valence-corrected chi connectivity index (χ1v) is 10.6. The zero-order chi connectivity index (χ0) is 22.2. The van der Waals surface area contributed by atoms with Crippen LogP contribution in [0.4, 0.5) is 0 Å². The molecule has 0 aliphatic heterocycles. The van der Waals surface area contributed by atoms with Gasteiger partial charge in [-0.15, -0.1) is 0 Å². The fourth-order valence-electron chi connectivity index (χ4n) is 3.80. The molecule has 2 amide bonds. The van der Waals surface area contributed by atoms with Crippen LogP contribution in [-0.4, -0.2) is 29.8 Å². The largest absolute Gasteiger partial charge is 0.357 e. The summed E-state index contributed by atoms with van der Waals surface area (Å²) in [6, 6.07) is 25.2. The first-order valence-electron chi connectivity index (χ1n) is 10.6. The number of likely N-dealkylation sites (N-methyl/N-ethyl adjacent to an activating group) is 1. The summed E-state index contributed by atoms with van der Waals surface area (Å²) < 4.78 is 0. The van der Waals surface area contributed by atoms with Crippen LogP contribution in [0.5, 0.6) is 0 Å². The summed E-state index contributed by atoms with van der Waals surface area (Å²) in [6.45, 7) is 4.42. The topological polar surface area (TPSA) is 49.4 Å². The zero-order valence-corrected chi connectivity index (χ0v) is 18.5. The summed E-state index contributed by atoms with van der Waals surface area (Å²) in [4.78, 5) is 28.2. The Bertz CT molecular complexity index is 1030. The van der Waals surface area contributed by atoms with Crippen molar-refractivity contribution in [3.05, 3.63) is 107 Å². The summed E-state index contributed by atoms with van der Waals surface area (Å²) in [5.74, 6) is -0.213. The lowest BCUT2D eigenvalue weighted by molar-refractivity contribution is -0.140. The smallest absolute Gasteiger partial charge is 0.242 e. The summed E-state index contributed by atoms with van der Waals surface area (Å²) in [7, 11) is 1.62. The highest BCUT2D eigenvalue weighted by Crippen LogP contribution is 2.18. The number of amides is 2. The molecular formula is C27H30N2O2. The van der Waals surface area contributed by atoms with E-state index in [1.54, 1.807) is 11.9 Å². The average Bonchev–Trinajstić information content (AvgIpc) is 2.78. The van der Waals surface area contributed by atoms with Gasteiger partial charge in [-0.2, -0.15) is 0 Å². The van der Waals surface area contributed by atoms with Crippen LogP contribution in [0.1, 0.15) is 27.8 Å². The van der Waals surface area contributed by atoms with E-state index in [1.807, 2.05) is 86.6 Å². The second-order valence-electron chi connectivity index (χ2n) is 7.93. The number of nitrogens with zero attached hydrogens (tertiary/aromatic N) is 1. The SMILES string of the molecule is CNC(=O)C(Cc1ccccc1)N(Cc1cccc(C)c1)C(=O)Cc1ccccc1C. The molecule has 4 heteroatoms. The molecule has 3 rings (SSSR count). The molecule has 0 aromatic heterocycles. The summed E-state index contributed by atoms with van der Waals surface area (Å²) in [5, 5.41) is 2.76. The minimum Gasteiger partial charge on any atom is -0.357 e. The molecule has 1 unspecified atom stereocenters. The molecule has 0 spiro atoms. The Morgan fingerprint density at radius 3 is 2.23 bits per heavy atom. The van der Waals surface area contributed by atoms with Crippen molar-refractivity contribution in [3.63, 3.8) is 0 Å². The van der Waals surface area contributed by atoms with Gasteiger partial charge in [0.05, 0.1) is 6.42 Å². The maximum Gasteiger partial charge on any atom is 0.242 e. The zero-order valence-electron chi connectivity index (χ0n) is 18.5. The summed E-state index contributed by atoms with van der Waals surface area (Å²) in [5.41, 5.74) is 5.22. The van der Waals surface area contributed by atoms with Gasteiger partial charge in [-0.3, -0.25) is 9.59 Å². The number of hydrogen-bond donors (Lipinski definition) is 1. The van der Waals surface area contributed by atoms with E-state index in [0.29, 0.717) is 13.0 Å². The van der Waals surface area contributed by atoms with Crippen molar-refractivity contribution < 1.29 is 9.59 Å². The van der Waals surface area contributed by atoms with Gasteiger partial charge in [0.1, 0.15) is 6.04 Å². The van der Waals surface area contributed by atoms with E-state index in [9.17, 15) is 9.59 Å². The summed E-state index contributed by atoms with van der Waals surface area (Å²) >= 11 is 0. The Morgan fingerprint density at radius 2 is 1.55 bits per heavy atom. The minimum atomic E-state index is -0.593. The molecule has 1 N–H and O–H groups in total. The first-order chi connectivity index (χ1) is 15.0. The lowest BCUT2D eigenvalue weighted by Gasteiger charge is -2.31. The van der Waals surface area contributed by atoms with E-state index in [-0.39, 0.29) is 18.2 Å². The van der Waals surface area contributed by atoms with E-state index in [4.69, 9.17) is 0 Å². The van der Waals surface area contributed by atoms with Crippen molar-refractivity contribution >= 4 is 11.8 Å². The van der Waals surface area contributed by atoms with Crippen LogP contribution < -0.4 is 5.32 Å². The van der Waals surface area contributed by atoms with Crippen LogP contribution in [0, 0.1) is 13.8 Å². The van der Waals surface area contributed by atoms with Crippen LogP contribution in [0.2, 0.25) is 0 Å². The normalized spacial score (nSPS) is 11.6. The predicted molar refractivity (Wildman–Crippen MR) is 125 cm³/mol. The molecule has 1 atom stereocenters. The lowest BCUT2D eigenvalue weighted by atomic mass is 10.00. The number of carbonyl (C=O) groups excluding carboxylic acids is 2. The predicted octanol–water partition coefficient (Wildman–Crippen LogP) is 4.23. The molecule has 0 saturated heterocycles. The lowest BCUT2D eigenvalue weighted by Crippen LogP contribution is -2.50. The Labute approximate surface area is 184 Å². The van der Waals surface area contributed by atoms with Gasteiger partial charge < -0.3 is 10.2 Å². The van der Waals surface area contributed by atoms with Gasteiger partial charge in [0, 0.05) is 20.0 Å². The third kappa shape index (κ3) is 6.05. The molecule has 3 aromatic rings. The Morgan fingerprint density at radius 1 is 0.871 bits per heavy atom. The molecular weight excluding hydrogens is 384 g/mol. The number of hydrogen-bond acceptors (Lipinski definition) is 2. The van der Waals surface area contributed by atoms with Crippen LogP contribution in [0.3, 0.4) is 0 Å². The first kappa shape index (κ1) is 22.3. The molecule has 0 saturated carbocycles. The fraction of sp³-hybridized carbons (Fsp3) is 0.259. The van der Waals surface area contributed by atoms with Crippen LogP contribution in [-0.2, 0) is 29.0 Å². The van der Waals surface area contributed by atoms with Crippen molar-refractivity contribution in [1.29, 1.82) is 0 Å². The highest BCUT2D eigenvalue weighted by molar-refractivity contribution is 5.88. The van der Waals surface area contributed by atoms with Crippen LogP contribution in [0.15, 0.2) is 78.9 Å². The van der Waals surface area contributed by atoms with E-state index >= 15 is 0 Å². The molecule has 4 nitrogen and oxygen atoms in total. The third-order valence-electron chi connectivity index (χ3n) is 5.56. The van der Waals surface area contributed by atoms with Gasteiger partial charge in [0.2, 0.25) is 11.8 Å². The standard InChI is InChI=1S/C27H30N2O2/c1-20-10-9-14-23(16-20)19-29(26(30)18-24-15-8-7-11-21(24)2)25(27(31)28-3)17-22-12-5-4-6-13-22/h4-16,25H,17-19H2,1-3H3,(H,28,31). The second-order valence-corrected chi connectivity index (χ2v) is 7.93. The van der Waals surface area contributed by atoms with Crippen LogP contribution >= 0.6 is 0 Å². The van der Waals surface area contributed by atoms with E-state index < -0.39 is 6.04 Å². The van der Waals surface area contributed by atoms with Crippen molar-refractivity contribution in [1.82, 2.24) is 10.2 Å². The fourth-order valence-corrected chi connectivity index (χ4v) is 3.80. The minimum absolute atomic E-state index is 0.0552. The van der Waals surface area contributed by atoms with Crippen molar-refractivity contribution in [2.45, 2.75) is 39.3 Å². The van der Waals surface area contributed by atoms with Gasteiger partial charge in [-0.1, -0.05) is 84.4 Å². The number of carbonyl (C=O) groups is 2. The Hall–Kier alpha value is -3.40. The Balaban J connectivity index is 1.95. The molecule has 0 bridgehead atoms. The average molecular weight is 415 g/mol. The molecule has 160 valence electrons. The molecule has 0 heterocycles. The molecule has 3 aromatic carbocycles. The monoisotopic (exact) mass is 414 g/mol. The van der Waals surface area contributed by atoms with Gasteiger partial charge in [-0.25, -0.2) is 0 Å². The molecule has 0 radical (unpaired) electrons. The van der Waals surface area contributed by atoms with Gasteiger partial charge in [-0.05, 0) is 36.1 Å². The van der Waals surface area contributed by atoms with Gasteiger partial charge >= 0.3 is 0 Å². The van der Waals surface area contributed by atoms with Crippen molar-refractivity contribution in [2.75, 3.05) is 7.05 Å². The Kier molecular flexibility index (Phi) is 7.60. The molecule has 0 fully saturated rings. The van der Waals surface area contributed by atoms with Gasteiger partial charge in [0.15, 0.2) is 0 Å². The van der Waals surface area contributed by atoms with E-state index in [1.165, 1.54) is 0 Å². The maximum absolute atomic E-state index is 13.6. The van der Waals surface area contributed by atoms with Gasteiger partial charge in [0.25, 0.3) is 0 Å². The highest BCUT2D eigenvalue weighted by atomic mass is 16.2. The van der Waals surface area contributed by atoms with Crippen molar-refractivity contribution in [2.24, 2.45) is 0 Å². The highest BCUT2D eigenvalue weighted by Gasteiger charge is 2.30. The van der Waals surface area contributed by atoms with Crippen molar-refractivity contribution in [3.8, 4) is 0 Å².